The smallest absolute Gasteiger partial charge is 0.254 e. The predicted molar refractivity (Wildman–Crippen MR) is 68.6 cm³/mol. The Hall–Kier alpha value is -1.56. The molecular weight excluding hydrogens is 269 g/mol. The number of carbonyl (C=O) groups excluding carboxylic acids is 1. The van der Waals surface area contributed by atoms with E-state index in [1.807, 2.05) is 6.92 Å². The fourth-order valence-electron chi connectivity index (χ4n) is 2.49. The summed E-state index contributed by atoms with van der Waals surface area (Å²) in [6.07, 6.45) is 1.72. The minimum atomic E-state index is -1.56. The summed E-state index contributed by atoms with van der Waals surface area (Å²) < 4.78 is 39.2. The van der Waals surface area contributed by atoms with E-state index in [9.17, 15) is 18.0 Å². The molecule has 2 rings (SSSR count). The number of carbonyl (C=O) groups is 1. The lowest BCUT2D eigenvalue weighted by Gasteiger charge is -2.34. The van der Waals surface area contributed by atoms with Gasteiger partial charge in [0.15, 0.2) is 17.5 Å². The quantitative estimate of drug-likeness (QED) is 0.848. The number of hydrogen-bond donors (Lipinski definition) is 1. The average molecular weight is 286 g/mol. The maximum atomic E-state index is 13.2. The van der Waals surface area contributed by atoms with Crippen LogP contribution in [0, 0.1) is 23.4 Å². The zero-order valence-corrected chi connectivity index (χ0v) is 11.2. The first-order valence-electron chi connectivity index (χ1n) is 6.59. The lowest BCUT2D eigenvalue weighted by Crippen LogP contribution is -2.45. The van der Waals surface area contributed by atoms with Gasteiger partial charge in [0.05, 0.1) is 0 Å². The molecule has 1 amide bonds. The Labute approximate surface area is 115 Å². The van der Waals surface area contributed by atoms with Gasteiger partial charge in [-0.25, -0.2) is 13.2 Å². The van der Waals surface area contributed by atoms with E-state index in [1.165, 1.54) is 4.90 Å². The van der Waals surface area contributed by atoms with Crippen molar-refractivity contribution in [3.05, 3.63) is 35.1 Å². The number of nitrogens with zero attached hydrogens (tertiary/aromatic N) is 1. The van der Waals surface area contributed by atoms with Crippen LogP contribution in [0.5, 0.6) is 0 Å². The maximum absolute atomic E-state index is 13.2. The summed E-state index contributed by atoms with van der Waals surface area (Å²) in [7, 11) is 0. The number of piperidine rings is 1. The third kappa shape index (κ3) is 2.95. The molecule has 2 N–H and O–H groups in total. The fraction of sp³-hybridized carbons (Fsp3) is 0.500. The predicted octanol–water partition coefficient (Wildman–Crippen LogP) is 2.30. The van der Waals surface area contributed by atoms with Crippen LogP contribution in [0.4, 0.5) is 13.2 Å². The van der Waals surface area contributed by atoms with Gasteiger partial charge in [0.1, 0.15) is 0 Å². The SMILES string of the molecule is CC(N)C1CCCN(C(=O)c2cc(F)c(F)c(F)c2)C1. The van der Waals surface area contributed by atoms with E-state index in [1.54, 1.807) is 0 Å². The summed E-state index contributed by atoms with van der Waals surface area (Å²) in [6.45, 7) is 2.84. The van der Waals surface area contributed by atoms with Gasteiger partial charge in [0.25, 0.3) is 5.91 Å². The Bertz CT molecular complexity index is 496. The molecule has 1 fully saturated rings. The van der Waals surface area contributed by atoms with Crippen molar-refractivity contribution >= 4 is 5.91 Å². The average Bonchev–Trinajstić information content (AvgIpc) is 2.43. The molecule has 0 aromatic heterocycles. The molecule has 110 valence electrons. The largest absolute Gasteiger partial charge is 0.338 e. The highest BCUT2D eigenvalue weighted by atomic mass is 19.2. The Kier molecular flexibility index (Phi) is 4.32. The van der Waals surface area contributed by atoms with Crippen LogP contribution in [0.1, 0.15) is 30.1 Å². The molecule has 3 nitrogen and oxygen atoms in total. The van der Waals surface area contributed by atoms with E-state index in [0.717, 1.165) is 25.0 Å². The first-order chi connectivity index (χ1) is 9.40. The van der Waals surface area contributed by atoms with Crippen molar-refractivity contribution in [2.45, 2.75) is 25.8 Å². The molecule has 0 aliphatic carbocycles. The molecular formula is C14H17F3N2O. The molecule has 0 spiro atoms. The highest BCUT2D eigenvalue weighted by Crippen LogP contribution is 2.22. The number of likely N-dealkylation sites (tertiary alicyclic amines) is 1. The van der Waals surface area contributed by atoms with Gasteiger partial charge in [0.2, 0.25) is 0 Å². The number of halogens is 3. The molecule has 1 aromatic carbocycles. The summed E-state index contributed by atoms with van der Waals surface area (Å²) in [5, 5.41) is 0. The first kappa shape index (κ1) is 14.8. The Balaban J connectivity index is 2.19. The molecule has 0 saturated carbocycles. The van der Waals surface area contributed by atoms with Crippen molar-refractivity contribution in [3.63, 3.8) is 0 Å². The minimum Gasteiger partial charge on any atom is -0.338 e. The second kappa shape index (κ2) is 5.83. The third-order valence-corrected chi connectivity index (χ3v) is 3.72. The first-order valence-corrected chi connectivity index (χ1v) is 6.59. The monoisotopic (exact) mass is 286 g/mol. The normalized spacial score (nSPS) is 20.9. The van der Waals surface area contributed by atoms with Crippen LogP contribution in [0.25, 0.3) is 0 Å². The molecule has 6 heteroatoms. The van der Waals surface area contributed by atoms with Crippen LogP contribution in [-0.2, 0) is 0 Å². The maximum Gasteiger partial charge on any atom is 0.254 e. The third-order valence-electron chi connectivity index (χ3n) is 3.72. The van der Waals surface area contributed by atoms with E-state index < -0.39 is 23.4 Å². The molecule has 20 heavy (non-hydrogen) atoms. The summed E-state index contributed by atoms with van der Waals surface area (Å²) in [5.74, 6) is -4.59. The molecule has 0 bridgehead atoms. The lowest BCUT2D eigenvalue weighted by molar-refractivity contribution is 0.0659. The highest BCUT2D eigenvalue weighted by molar-refractivity contribution is 5.94. The topological polar surface area (TPSA) is 46.3 Å². The van der Waals surface area contributed by atoms with E-state index in [2.05, 4.69) is 0 Å². The van der Waals surface area contributed by atoms with E-state index in [-0.39, 0.29) is 17.5 Å². The van der Waals surface area contributed by atoms with Crippen LogP contribution in [-0.4, -0.2) is 29.9 Å². The number of benzene rings is 1. The van der Waals surface area contributed by atoms with E-state index in [0.29, 0.717) is 13.1 Å². The van der Waals surface area contributed by atoms with Crippen molar-refractivity contribution in [1.29, 1.82) is 0 Å². The fourth-order valence-corrected chi connectivity index (χ4v) is 2.49. The number of amides is 1. The summed E-state index contributed by atoms with van der Waals surface area (Å²) in [6, 6.07) is 1.42. The van der Waals surface area contributed by atoms with Crippen molar-refractivity contribution in [2.75, 3.05) is 13.1 Å². The van der Waals surface area contributed by atoms with Crippen LogP contribution < -0.4 is 5.73 Å². The minimum absolute atomic E-state index is 0.0488. The Morgan fingerprint density at radius 3 is 2.50 bits per heavy atom. The van der Waals surface area contributed by atoms with Gasteiger partial charge in [-0.15, -0.1) is 0 Å². The van der Waals surface area contributed by atoms with Gasteiger partial charge < -0.3 is 10.6 Å². The van der Waals surface area contributed by atoms with Gasteiger partial charge in [-0.1, -0.05) is 0 Å². The van der Waals surface area contributed by atoms with Crippen LogP contribution in [0.3, 0.4) is 0 Å². The lowest BCUT2D eigenvalue weighted by atomic mass is 9.92. The van der Waals surface area contributed by atoms with Crippen LogP contribution >= 0.6 is 0 Å². The standard InChI is InChI=1S/C14H17F3N2O/c1-8(18)9-3-2-4-19(7-9)14(20)10-5-11(15)13(17)12(16)6-10/h5-6,8-9H,2-4,7,18H2,1H3. The van der Waals surface area contributed by atoms with Gasteiger partial charge in [-0.05, 0) is 37.8 Å². The zero-order valence-electron chi connectivity index (χ0n) is 11.2. The van der Waals surface area contributed by atoms with Crippen molar-refractivity contribution in [3.8, 4) is 0 Å². The molecule has 1 aromatic rings. The molecule has 0 radical (unpaired) electrons. The molecule has 1 heterocycles. The second-order valence-electron chi connectivity index (χ2n) is 5.27. The van der Waals surface area contributed by atoms with Gasteiger partial charge in [0, 0.05) is 24.7 Å². The second-order valence-corrected chi connectivity index (χ2v) is 5.27. The summed E-state index contributed by atoms with van der Waals surface area (Å²) >= 11 is 0. The molecule has 1 saturated heterocycles. The number of hydrogen-bond acceptors (Lipinski definition) is 2. The van der Waals surface area contributed by atoms with Crippen molar-refractivity contribution in [2.24, 2.45) is 11.7 Å². The van der Waals surface area contributed by atoms with Crippen molar-refractivity contribution < 1.29 is 18.0 Å². The van der Waals surface area contributed by atoms with Gasteiger partial charge in [-0.3, -0.25) is 4.79 Å². The number of rotatable bonds is 2. The molecule has 2 atom stereocenters. The van der Waals surface area contributed by atoms with E-state index in [4.69, 9.17) is 5.73 Å². The van der Waals surface area contributed by atoms with Crippen LogP contribution in [0.2, 0.25) is 0 Å². The van der Waals surface area contributed by atoms with E-state index >= 15 is 0 Å². The van der Waals surface area contributed by atoms with Gasteiger partial charge in [-0.2, -0.15) is 0 Å². The molecule has 1 aliphatic rings. The Morgan fingerprint density at radius 1 is 1.35 bits per heavy atom. The zero-order chi connectivity index (χ0) is 14.9. The summed E-state index contributed by atoms with van der Waals surface area (Å²) in [5.41, 5.74) is 5.65. The Morgan fingerprint density at radius 2 is 1.95 bits per heavy atom. The highest BCUT2D eigenvalue weighted by Gasteiger charge is 2.27. The van der Waals surface area contributed by atoms with Crippen LogP contribution in [0.15, 0.2) is 12.1 Å². The molecule has 1 aliphatic heterocycles. The number of nitrogens with two attached hydrogens (primary N) is 1. The van der Waals surface area contributed by atoms with Crippen molar-refractivity contribution in [1.82, 2.24) is 4.90 Å². The summed E-state index contributed by atoms with van der Waals surface area (Å²) in [4.78, 5) is 13.7. The molecule has 2 unspecified atom stereocenters. The van der Waals surface area contributed by atoms with Gasteiger partial charge >= 0.3 is 0 Å².